The second-order valence-electron chi connectivity index (χ2n) is 10.5. The lowest BCUT2D eigenvalue weighted by molar-refractivity contribution is -0.120. The molecule has 0 spiro atoms. The molecule has 0 aliphatic heterocycles. The Morgan fingerprint density at radius 3 is 2.02 bits per heavy atom. The molecule has 0 radical (unpaired) electrons. The highest BCUT2D eigenvalue weighted by Crippen LogP contribution is 2.20. The molecule has 41 heavy (non-hydrogen) atoms. The normalized spacial score (nSPS) is 11.8. The van der Waals surface area contributed by atoms with Gasteiger partial charge in [0.1, 0.15) is 0 Å². The summed E-state index contributed by atoms with van der Waals surface area (Å²) in [5.74, 6) is -0.0287. The van der Waals surface area contributed by atoms with Gasteiger partial charge in [0.25, 0.3) is 0 Å². The number of azide groups is 1. The van der Waals surface area contributed by atoms with Crippen LogP contribution in [0, 0.1) is 0 Å². The predicted octanol–water partition coefficient (Wildman–Crippen LogP) is 2.72. The first-order valence-corrected chi connectivity index (χ1v) is 20.4. The maximum atomic E-state index is 12.4. The van der Waals surface area contributed by atoms with E-state index in [1.54, 1.807) is 0 Å². The third-order valence-electron chi connectivity index (χ3n) is 5.96. The minimum absolute atomic E-state index is 0.0287. The van der Waals surface area contributed by atoms with Crippen molar-refractivity contribution in [1.82, 2.24) is 5.32 Å². The topological polar surface area (TPSA) is 159 Å². The molecule has 1 rings (SSSR count). The average Bonchev–Trinajstić information content (AvgIpc) is 2.93. The average molecular weight is 614 g/mol. The number of amides is 1. The van der Waals surface area contributed by atoms with Gasteiger partial charge < -0.3 is 38.8 Å². The number of hydrogen-bond acceptors (Lipinski definition) is 9. The van der Waals surface area contributed by atoms with Crippen LogP contribution in [0.2, 0.25) is 32.2 Å². The summed E-state index contributed by atoms with van der Waals surface area (Å²) >= 11 is 0. The van der Waals surface area contributed by atoms with Crippen LogP contribution in [0.15, 0.2) is 29.4 Å². The van der Waals surface area contributed by atoms with E-state index in [-0.39, 0.29) is 5.91 Å². The van der Waals surface area contributed by atoms with Gasteiger partial charge in [0.05, 0.1) is 72.5 Å². The second kappa shape index (κ2) is 22.7. The lowest BCUT2D eigenvalue weighted by Gasteiger charge is -2.34. The Morgan fingerprint density at radius 1 is 0.902 bits per heavy atom. The molecule has 0 saturated carbocycles. The van der Waals surface area contributed by atoms with Crippen molar-refractivity contribution in [3.05, 3.63) is 40.3 Å². The lowest BCUT2D eigenvalue weighted by Crippen LogP contribution is -2.52. The van der Waals surface area contributed by atoms with Crippen molar-refractivity contribution in [3.8, 4) is 0 Å². The van der Waals surface area contributed by atoms with Crippen LogP contribution in [0.3, 0.4) is 0 Å². The number of nitrogens with zero attached hydrogens (tertiary/aromatic N) is 3. The molecule has 12 nitrogen and oxygen atoms in total. The van der Waals surface area contributed by atoms with E-state index in [9.17, 15) is 4.79 Å². The molecule has 0 unspecified atom stereocenters. The van der Waals surface area contributed by atoms with Crippen molar-refractivity contribution in [2.45, 2.75) is 45.1 Å². The number of rotatable bonds is 26. The Bertz CT molecular complexity index is 889. The molecule has 0 heterocycles. The minimum Gasteiger partial charge on any atom is -0.452 e. The van der Waals surface area contributed by atoms with E-state index >= 15 is 0 Å². The largest absolute Gasteiger partial charge is 0.452 e. The van der Waals surface area contributed by atoms with Gasteiger partial charge in [0, 0.05) is 18.0 Å². The molecule has 0 saturated heterocycles. The van der Waals surface area contributed by atoms with Crippen LogP contribution in [-0.4, -0.2) is 108 Å². The third-order valence-corrected chi connectivity index (χ3v) is 13.5. The fraction of sp³-hybridized carbons (Fsp3) is 0.741. The van der Waals surface area contributed by atoms with E-state index in [0.717, 1.165) is 18.0 Å². The maximum Gasteiger partial charge on any atom is 0.224 e. The summed E-state index contributed by atoms with van der Waals surface area (Å²) in [7, 11) is -3.87. The van der Waals surface area contributed by atoms with Gasteiger partial charge in [0.15, 0.2) is 8.32 Å². The monoisotopic (exact) mass is 613 g/mol. The first-order valence-electron chi connectivity index (χ1n) is 14.4. The fourth-order valence-electron chi connectivity index (χ4n) is 4.03. The smallest absolute Gasteiger partial charge is 0.224 e. The van der Waals surface area contributed by atoms with Crippen molar-refractivity contribution in [2.75, 3.05) is 85.7 Å². The fourth-order valence-corrected chi connectivity index (χ4v) is 12.5. The van der Waals surface area contributed by atoms with Gasteiger partial charge in [-0.1, -0.05) is 29.4 Å². The molecule has 0 fully saturated rings. The van der Waals surface area contributed by atoms with Gasteiger partial charge in [0.2, 0.25) is 14.2 Å². The number of carbonyl (C=O) groups excluding carboxylic acids is 1. The summed E-state index contributed by atoms with van der Waals surface area (Å²) in [6.07, 6.45) is 1.32. The van der Waals surface area contributed by atoms with Gasteiger partial charge in [-0.25, -0.2) is 0 Å². The van der Waals surface area contributed by atoms with Crippen LogP contribution in [0.25, 0.3) is 10.4 Å². The van der Waals surface area contributed by atoms with E-state index in [1.165, 1.54) is 5.19 Å². The summed E-state index contributed by atoms with van der Waals surface area (Å²) in [5, 5.41) is 7.50. The summed E-state index contributed by atoms with van der Waals surface area (Å²) in [5.41, 5.74) is 14.8. The Morgan fingerprint density at radius 2 is 1.46 bits per heavy atom. The highest BCUT2D eigenvalue weighted by Gasteiger charge is 2.34. The van der Waals surface area contributed by atoms with Crippen LogP contribution in [0.5, 0.6) is 0 Å². The van der Waals surface area contributed by atoms with Crippen LogP contribution in [0.4, 0.5) is 0 Å². The second-order valence-corrected chi connectivity index (χ2v) is 18.9. The van der Waals surface area contributed by atoms with E-state index < -0.39 is 16.6 Å². The summed E-state index contributed by atoms with van der Waals surface area (Å²) < 4.78 is 33.8. The first-order chi connectivity index (χ1) is 19.7. The molecule has 0 atom stereocenters. The molecular formula is C27H51N5O7Si2. The van der Waals surface area contributed by atoms with Crippen molar-refractivity contribution >= 4 is 27.7 Å². The molecule has 14 heteroatoms. The standard InChI is InChI=1S/C27H51N5O7Si2/c1-40(2,22-6-9-28)39-41(3,4)26-8-5-7-25(23-26)24-27(33)30-10-12-34-14-16-36-18-20-38-21-19-37-17-15-35-13-11-31-32-29/h5,7-8,23H,6,9-22,24,28H2,1-4H3,(H,30,33). The van der Waals surface area contributed by atoms with Crippen molar-refractivity contribution in [3.63, 3.8) is 0 Å². The Hall–Kier alpha value is -1.85. The molecular weight excluding hydrogens is 562 g/mol. The van der Waals surface area contributed by atoms with Gasteiger partial charge in [-0.15, -0.1) is 0 Å². The number of hydrogen-bond donors (Lipinski definition) is 2. The minimum atomic E-state index is -2.09. The molecule has 1 aromatic rings. The highest BCUT2D eigenvalue weighted by molar-refractivity contribution is 6.92. The third kappa shape index (κ3) is 19.8. The predicted molar refractivity (Wildman–Crippen MR) is 165 cm³/mol. The summed E-state index contributed by atoms with van der Waals surface area (Å²) in [6, 6.07) is 9.31. The van der Waals surface area contributed by atoms with Crippen molar-refractivity contribution < 1.29 is 32.6 Å². The van der Waals surface area contributed by atoms with Crippen molar-refractivity contribution in [2.24, 2.45) is 10.8 Å². The van der Waals surface area contributed by atoms with Crippen LogP contribution in [-0.2, 0) is 39.0 Å². The molecule has 3 N–H and O–H groups in total. The zero-order valence-electron chi connectivity index (χ0n) is 25.4. The Kier molecular flexibility index (Phi) is 20.6. The summed E-state index contributed by atoms with van der Waals surface area (Å²) in [6.45, 7) is 15.0. The van der Waals surface area contributed by atoms with Crippen LogP contribution >= 0.6 is 0 Å². The van der Waals surface area contributed by atoms with E-state index in [1.807, 2.05) is 12.1 Å². The number of nitrogens with two attached hydrogens (primary N) is 1. The van der Waals surface area contributed by atoms with Gasteiger partial charge in [-0.3, -0.25) is 4.79 Å². The Balaban J connectivity index is 2.07. The zero-order valence-corrected chi connectivity index (χ0v) is 27.4. The number of nitrogens with one attached hydrogen (secondary N) is 1. The SMILES string of the molecule is C[Si](C)(CCCN)O[Si](C)(C)c1cccc(CC(=O)NCCOCCOCCOCCOCCOCCN=[N+]=[N-])c1. The van der Waals surface area contributed by atoms with Gasteiger partial charge in [-0.2, -0.15) is 0 Å². The molecule has 0 aliphatic rings. The molecule has 0 aliphatic carbocycles. The van der Waals surface area contributed by atoms with E-state index in [4.69, 9.17) is 39.1 Å². The number of benzene rings is 1. The molecule has 0 aromatic heterocycles. The maximum absolute atomic E-state index is 12.4. The molecule has 234 valence electrons. The lowest BCUT2D eigenvalue weighted by atomic mass is 10.1. The van der Waals surface area contributed by atoms with Gasteiger partial charge >= 0.3 is 0 Å². The van der Waals surface area contributed by atoms with Crippen molar-refractivity contribution in [1.29, 1.82) is 0 Å². The summed E-state index contributed by atoms with van der Waals surface area (Å²) in [4.78, 5) is 15.1. The van der Waals surface area contributed by atoms with Crippen LogP contribution in [0.1, 0.15) is 12.0 Å². The molecule has 1 aromatic carbocycles. The van der Waals surface area contributed by atoms with Crippen LogP contribution < -0.4 is 16.2 Å². The van der Waals surface area contributed by atoms with E-state index in [2.05, 4.69) is 53.7 Å². The number of ether oxygens (including phenoxy) is 5. The quantitative estimate of drug-likeness (QED) is 0.0530. The highest BCUT2D eigenvalue weighted by atomic mass is 28.4. The molecule has 1 amide bonds. The number of carbonyl (C=O) groups is 1. The Labute approximate surface area is 247 Å². The first kappa shape index (κ1) is 37.2. The van der Waals surface area contributed by atoms with Gasteiger partial charge in [-0.05, 0) is 61.5 Å². The zero-order chi connectivity index (χ0) is 30.2. The van der Waals surface area contributed by atoms with E-state index in [0.29, 0.717) is 92.1 Å². The molecule has 0 bridgehead atoms.